The summed E-state index contributed by atoms with van der Waals surface area (Å²) in [7, 11) is 0. The Kier molecular flexibility index (Phi) is 3.90. The van der Waals surface area contributed by atoms with Gasteiger partial charge in [0, 0.05) is 11.6 Å². The van der Waals surface area contributed by atoms with Crippen LogP contribution in [0.1, 0.15) is 30.9 Å². The number of aryl methyl sites for hydroxylation is 1. The smallest absolute Gasteiger partial charge is 0.245 e. The number of hydrogen-bond acceptors (Lipinski definition) is 3. The fourth-order valence-electron chi connectivity index (χ4n) is 2.67. The first-order valence-corrected chi connectivity index (χ1v) is 7.61. The van der Waals surface area contributed by atoms with Gasteiger partial charge >= 0.3 is 5.69 Å². The number of hydrogen-bond donors (Lipinski definition) is 0. The van der Waals surface area contributed by atoms with E-state index >= 15 is 0 Å². The summed E-state index contributed by atoms with van der Waals surface area (Å²) in [4.78, 5) is 20.4. The second-order valence-corrected chi connectivity index (χ2v) is 6.08. The molecule has 0 saturated heterocycles. The first-order valence-electron chi connectivity index (χ1n) is 7.24. The van der Waals surface area contributed by atoms with Gasteiger partial charge in [-0.05, 0) is 30.0 Å². The van der Waals surface area contributed by atoms with Crippen molar-refractivity contribution in [3.8, 4) is 5.69 Å². The normalized spacial score (nSPS) is 11.4. The summed E-state index contributed by atoms with van der Waals surface area (Å²) >= 11 is 5.82. The van der Waals surface area contributed by atoms with Crippen molar-refractivity contribution in [2.75, 3.05) is 0 Å². The Bertz CT molecular complexity index is 966. The van der Waals surface area contributed by atoms with Crippen molar-refractivity contribution in [2.45, 2.75) is 26.7 Å². The Hall–Kier alpha value is -2.27. The van der Waals surface area contributed by atoms with E-state index in [2.05, 4.69) is 9.97 Å². The zero-order chi connectivity index (χ0) is 16.7. The molecular weight excluding hydrogens is 317 g/mol. The molecule has 2 aromatic heterocycles. The maximum atomic E-state index is 13.7. The molecule has 3 rings (SSSR count). The standard InChI is InChI=1S/C17H15ClFN3O/c1-9(2)12-6-4-5-10(3)14(12)22-16-11(8-20-17(22)23)7-13(19)15(18)21-16/h4-9H,1-3H3. The summed E-state index contributed by atoms with van der Waals surface area (Å²) < 4.78 is 15.1. The van der Waals surface area contributed by atoms with Gasteiger partial charge in [0.2, 0.25) is 0 Å². The van der Waals surface area contributed by atoms with Crippen LogP contribution in [0.25, 0.3) is 16.7 Å². The molecule has 0 aliphatic carbocycles. The van der Waals surface area contributed by atoms with Crippen LogP contribution in [0.3, 0.4) is 0 Å². The van der Waals surface area contributed by atoms with Crippen molar-refractivity contribution in [1.82, 2.24) is 14.5 Å². The van der Waals surface area contributed by atoms with Gasteiger partial charge in [0.15, 0.2) is 16.6 Å². The molecule has 0 atom stereocenters. The van der Waals surface area contributed by atoms with E-state index in [1.54, 1.807) is 0 Å². The molecule has 0 amide bonds. The number of nitrogens with zero attached hydrogens (tertiary/aromatic N) is 3. The molecule has 0 N–H and O–H groups in total. The molecule has 23 heavy (non-hydrogen) atoms. The molecule has 0 unspecified atom stereocenters. The molecule has 0 saturated carbocycles. The van der Waals surface area contributed by atoms with Gasteiger partial charge in [-0.3, -0.25) is 0 Å². The minimum absolute atomic E-state index is 0.197. The Morgan fingerprint density at radius 3 is 2.74 bits per heavy atom. The van der Waals surface area contributed by atoms with Crippen LogP contribution < -0.4 is 5.69 Å². The van der Waals surface area contributed by atoms with E-state index in [0.717, 1.165) is 16.8 Å². The largest absolute Gasteiger partial charge is 0.353 e. The van der Waals surface area contributed by atoms with Crippen molar-refractivity contribution >= 4 is 22.6 Å². The maximum Gasteiger partial charge on any atom is 0.353 e. The van der Waals surface area contributed by atoms with Gasteiger partial charge in [0.1, 0.15) is 0 Å². The molecule has 0 fully saturated rings. The van der Waals surface area contributed by atoms with Crippen LogP contribution in [0.15, 0.2) is 35.3 Å². The number of halogens is 2. The van der Waals surface area contributed by atoms with Crippen molar-refractivity contribution in [3.05, 3.63) is 63.0 Å². The molecule has 0 aliphatic heterocycles. The molecule has 1 aromatic carbocycles. The van der Waals surface area contributed by atoms with E-state index < -0.39 is 11.5 Å². The fourth-order valence-corrected chi connectivity index (χ4v) is 2.81. The SMILES string of the molecule is Cc1cccc(C(C)C)c1-n1c(=O)ncc2cc(F)c(Cl)nc21. The van der Waals surface area contributed by atoms with Gasteiger partial charge < -0.3 is 0 Å². The minimum Gasteiger partial charge on any atom is -0.245 e. The molecule has 3 aromatic rings. The summed E-state index contributed by atoms with van der Waals surface area (Å²) in [5.74, 6) is -0.442. The Morgan fingerprint density at radius 1 is 1.30 bits per heavy atom. The van der Waals surface area contributed by atoms with Crippen molar-refractivity contribution in [2.24, 2.45) is 0 Å². The molecule has 4 nitrogen and oxygen atoms in total. The average Bonchev–Trinajstić information content (AvgIpc) is 2.49. The number of pyridine rings is 1. The van der Waals surface area contributed by atoms with Crippen LogP contribution in [-0.2, 0) is 0 Å². The number of benzene rings is 1. The lowest BCUT2D eigenvalue weighted by molar-refractivity contribution is 0.624. The summed E-state index contributed by atoms with van der Waals surface area (Å²) in [6.45, 7) is 6.00. The molecule has 0 spiro atoms. The predicted molar refractivity (Wildman–Crippen MR) is 88.9 cm³/mol. The topological polar surface area (TPSA) is 47.8 Å². The molecule has 2 heterocycles. The highest BCUT2D eigenvalue weighted by molar-refractivity contribution is 6.29. The van der Waals surface area contributed by atoms with Gasteiger partial charge in [0.05, 0.1) is 5.69 Å². The van der Waals surface area contributed by atoms with E-state index in [1.165, 1.54) is 16.8 Å². The third kappa shape index (κ3) is 2.61. The molecular formula is C17H15ClFN3O. The Labute approximate surface area is 137 Å². The number of para-hydroxylation sites is 1. The predicted octanol–water partition coefficient (Wildman–Crippen LogP) is 4.01. The summed E-state index contributed by atoms with van der Waals surface area (Å²) in [6.07, 6.45) is 1.31. The van der Waals surface area contributed by atoms with Crippen LogP contribution in [0, 0.1) is 12.7 Å². The zero-order valence-electron chi connectivity index (χ0n) is 13.0. The maximum absolute atomic E-state index is 13.7. The Morgan fingerprint density at radius 2 is 2.04 bits per heavy atom. The van der Waals surface area contributed by atoms with Gasteiger partial charge in [-0.2, -0.15) is 0 Å². The second-order valence-electron chi connectivity index (χ2n) is 5.72. The van der Waals surface area contributed by atoms with Gasteiger partial charge in [-0.15, -0.1) is 0 Å². The highest BCUT2D eigenvalue weighted by Gasteiger charge is 2.17. The first kappa shape index (κ1) is 15.6. The quantitative estimate of drug-likeness (QED) is 0.667. The van der Waals surface area contributed by atoms with Crippen LogP contribution in [0.5, 0.6) is 0 Å². The van der Waals surface area contributed by atoms with E-state index in [9.17, 15) is 9.18 Å². The monoisotopic (exact) mass is 331 g/mol. The van der Waals surface area contributed by atoms with E-state index in [-0.39, 0.29) is 11.1 Å². The molecule has 118 valence electrons. The lowest BCUT2D eigenvalue weighted by atomic mass is 9.98. The van der Waals surface area contributed by atoms with Gasteiger partial charge in [-0.1, -0.05) is 43.6 Å². The minimum atomic E-state index is -0.639. The fraction of sp³-hybridized carbons (Fsp3) is 0.235. The van der Waals surface area contributed by atoms with E-state index in [0.29, 0.717) is 11.0 Å². The van der Waals surface area contributed by atoms with Crippen molar-refractivity contribution in [3.63, 3.8) is 0 Å². The first-order chi connectivity index (χ1) is 10.9. The Balaban J connectivity index is 2.49. The summed E-state index contributed by atoms with van der Waals surface area (Å²) in [5.41, 5.74) is 2.45. The van der Waals surface area contributed by atoms with Crippen molar-refractivity contribution < 1.29 is 4.39 Å². The highest BCUT2D eigenvalue weighted by atomic mass is 35.5. The third-order valence-corrected chi connectivity index (χ3v) is 4.04. The molecule has 6 heteroatoms. The second kappa shape index (κ2) is 5.74. The zero-order valence-corrected chi connectivity index (χ0v) is 13.7. The van der Waals surface area contributed by atoms with E-state index in [4.69, 9.17) is 11.6 Å². The number of fused-ring (bicyclic) bond motifs is 1. The van der Waals surface area contributed by atoms with Gasteiger partial charge in [-0.25, -0.2) is 23.7 Å². The highest BCUT2D eigenvalue weighted by Crippen LogP contribution is 2.28. The number of aromatic nitrogens is 3. The van der Waals surface area contributed by atoms with Crippen LogP contribution in [0.2, 0.25) is 5.15 Å². The van der Waals surface area contributed by atoms with Crippen LogP contribution in [-0.4, -0.2) is 14.5 Å². The molecule has 0 bridgehead atoms. The molecule has 0 radical (unpaired) electrons. The van der Waals surface area contributed by atoms with Crippen LogP contribution >= 0.6 is 11.6 Å². The summed E-state index contributed by atoms with van der Waals surface area (Å²) in [6, 6.07) is 7.06. The number of rotatable bonds is 2. The molecule has 0 aliphatic rings. The van der Waals surface area contributed by atoms with Crippen LogP contribution in [0.4, 0.5) is 4.39 Å². The lowest BCUT2D eigenvalue weighted by Gasteiger charge is -2.18. The average molecular weight is 332 g/mol. The lowest BCUT2D eigenvalue weighted by Crippen LogP contribution is -2.24. The van der Waals surface area contributed by atoms with E-state index in [1.807, 2.05) is 39.0 Å². The summed E-state index contributed by atoms with van der Waals surface area (Å²) in [5, 5.41) is 0.154. The van der Waals surface area contributed by atoms with Crippen molar-refractivity contribution in [1.29, 1.82) is 0 Å². The van der Waals surface area contributed by atoms with Gasteiger partial charge in [0.25, 0.3) is 0 Å². The third-order valence-electron chi connectivity index (χ3n) is 3.77.